The highest BCUT2D eigenvalue weighted by Gasteiger charge is 2.35. The van der Waals surface area contributed by atoms with E-state index >= 15 is 0 Å². The Morgan fingerprint density at radius 3 is 2.46 bits per heavy atom. The Bertz CT molecular complexity index is 990. The van der Waals surface area contributed by atoms with Gasteiger partial charge in [-0.1, -0.05) is 59.8 Å². The number of halogens is 3. The maximum Gasteiger partial charge on any atom is 0.451 e. The van der Waals surface area contributed by atoms with Crippen LogP contribution in [0.5, 0.6) is 0 Å². The van der Waals surface area contributed by atoms with E-state index in [0.717, 1.165) is 22.9 Å². The number of hydrogen-bond acceptors (Lipinski definition) is 4. The Balaban J connectivity index is 1.77. The Labute approximate surface area is 164 Å². The van der Waals surface area contributed by atoms with Crippen molar-refractivity contribution in [2.24, 2.45) is 0 Å². The van der Waals surface area contributed by atoms with Gasteiger partial charge in [0.25, 0.3) is 0 Å². The highest BCUT2D eigenvalue weighted by atomic mass is 32.2. The van der Waals surface area contributed by atoms with Crippen molar-refractivity contribution >= 4 is 28.6 Å². The van der Waals surface area contributed by atoms with Gasteiger partial charge in [0.15, 0.2) is 0 Å². The van der Waals surface area contributed by atoms with Crippen LogP contribution < -0.4 is 5.32 Å². The number of fused-ring (bicyclic) bond motifs is 1. The van der Waals surface area contributed by atoms with Gasteiger partial charge in [0, 0.05) is 11.9 Å². The van der Waals surface area contributed by atoms with Crippen LogP contribution in [0.1, 0.15) is 23.9 Å². The minimum Gasteiger partial charge on any atom is -0.351 e. The van der Waals surface area contributed by atoms with Gasteiger partial charge in [-0.05, 0) is 25.5 Å². The molecule has 2 aromatic carbocycles. The topological polar surface area (TPSA) is 54.9 Å². The minimum absolute atomic E-state index is 0.135. The molecule has 0 aliphatic rings. The molecule has 0 spiro atoms. The highest BCUT2D eigenvalue weighted by molar-refractivity contribution is 8.00. The van der Waals surface area contributed by atoms with Crippen LogP contribution in [0, 0.1) is 6.92 Å². The average Bonchev–Trinajstić information content (AvgIpc) is 2.66. The van der Waals surface area contributed by atoms with E-state index in [1.807, 2.05) is 31.2 Å². The molecule has 1 unspecified atom stereocenters. The van der Waals surface area contributed by atoms with E-state index in [4.69, 9.17) is 0 Å². The van der Waals surface area contributed by atoms with Crippen LogP contribution in [0.15, 0.2) is 53.6 Å². The number of para-hydroxylation sites is 1. The third-order valence-corrected chi connectivity index (χ3v) is 5.17. The molecule has 0 saturated carbocycles. The number of aryl methyl sites for hydroxylation is 1. The molecule has 0 aliphatic heterocycles. The van der Waals surface area contributed by atoms with Crippen molar-refractivity contribution in [3.8, 4) is 0 Å². The van der Waals surface area contributed by atoms with Crippen LogP contribution in [-0.2, 0) is 17.5 Å². The number of nitrogens with one attached hydrogen (secondary N) is 1. The molecule has 4 nitrogen and oxygen atoms in total. The Morgan fingerprint density at radius 1 is 1.11 bits per heavy atom. The second-order valence-electron chi connectivity index (χ2n) is 6.33. The second kappa shape index (κ2) is 8.18. The summed E-state index contributed by atoms with van der Waals surface area (Å²) < 4.78 is 39.3. The fraction of sp³-hybridized carbons (Fsp3) is 0.250. The van der Waals surface area contributed by atoms with Gasteiger partial charge in [0.05, 0.1) is 10.8 Å². The first kappa shape index (κ1) is 20.1. The molecule has 0 radical (unpaired) electrons. The van der Waals surface area contributed by atoms with Gasteiger partial charge in [-0.3, -0.25) is 4.79 Å². The predicted octanol–water partition coefficient (Wildman–Crippen LogP) is 4.75. The zero-order valence-corrected chi connectivity index (χ0v) is 16.1. The van der Waals surface area contributed by atoms with Gasteiger partial charge < -0.3 is 5.32 Å². The van der Waals surface area contributed by atoms with Crippen LogP contribution in [-0.4, -0.2) is 21.1 Å². The van der Waals surface area contributed by atoms with Crippen molar-refractivity contribution < 1.29 is 18.0 Å². The van der Waals surface area contributed by atoms with Crippen LogP contribution in [0.2, 0.25) is 0 Å². The number of benzene rings is 2. The maximum absolute atomic E-state index is 13.1. The number of nitrogens with zero attached hydrogens (tertiary/aromatic N) is 2. The summed E-state index contributed by atoms with van der Waals surface area (Å²) in [6, 6.07) is 14.2. The fourth-order valence-corrected chi connectivity index (χ4v) is 3.49. The van der Waals surface area contributed by atoms with Crippen molar-refractivity contribution in [2.45, 2.75) is 36.8 Å². The summed E-state index contributed by atoms with van der Waals surface area (Å²) in [5.74, 6) is -1.48. The molecule has 1 atom stereocenters. The van der Waals surface area contributed by atoms with Crippen LogP contribution in [0.4, 0.5) is 13.2 Å². The predicted molar refractivity (Wildman–Crippen MR) is 103 cm³/mol. The number of rotatable bonds is 5. The number of aromatic nitrogens is 2. The maximum atomic E-state index is 13.1. The summed E-state index contributed by atoms with van der Waals surface area (Å²) in [5.41, 5.74) is 2.26. The molecule has 1 aromatic heterocycles. The van der Waals surface area contributed by atoms with Gasteiger partial charge in [0.2, 0.25) is 11.7 Å². The fourth-order valence-electron chi connectivity index (χ4n) is 2.52. The summed E-state index contributed by atoms with van der Waals surface area (Å²) in [6.07, 6.45) is -4.66. The molecule has 28 heavy (non-hydrogen) atoms. The van der Waals surface area contributed by atoms with E-state index < -0.39 is 17.3 Å². The Hall–Kier alpha value is -2.61. The normalized spacial score (nSPS) is 12.8. The lowest BCUT2D eigenvalue weighted by molar-refractivity contribution is -0.145. The average molecular weight is 405 g/mol. The minimum atomic E-state index is -4.66. The summed E-state index contributed by atoms with van der Waals surface area (Å²) in [6.45, 7) is 3.96. The standard InChI is InChI=1S/C20H18F3N3OS/c1-12-7-9-14(10-8-12)11-24-17(27)13(2)28-18-15-5-3-4-6-16(15)25-19(26-18)20(21,22)23/h3-10,13H,11H2,1-2H3,(H,24,27). The van der Waals surface area contributed by atoms with Crippen molar-refractivity contribution in [1.29, 1.82) is 0 Å². The van der Waals surface area contributed by atoms with Gasteiger partial charge in [-0.2, -0.15) is 13.2 Å². The van der Waals surface area contributed by atoms with Crippen molar-refractivity contribution in [3.63, 3.8) is 0 Å². The molecule has 8 heteroatoms. The number of thioether (sulfide) groups is 1. The van der Waals surface area contributed by atoms with Crippen molar-refractivity contribution in [2.75, 3.05) is 0 Å². The first-order valence-electron chi connectivity index (χ1n) is 8.58. The molecular formula is C20H18F3N3OS. The van der Waals surface area contributed by atoms with E-state index in [9.17, 15) is 18.0 Å². The molecule has 3 rings (SSSR count). The van der Waals surface area contributed by atoms with E-state index in [2.05, 4.69) is 15.3 Å². The van der Waals surface area contributed by atoms with Gasteiger partial charge in [0.1, 0.15) is 5.03 Å². The zero-order chi connectivity index (χ0) is 20.3. The number of carbonyl (C=O) groups excluding carboxylic acids is 1. The van der Waals surface area contributed by atoms with Gasteiger partial charge in [-0.25, -0.2) is 9.97 Å². The summed E-state index contributed by atoms with van der Waals surface area (Å²) >= 11 is 0.986. The molecule has 1 amide bonds. The quantitative estimate of drug-likeness (QED) is 0.492. The van der Waals surface area contributed by atoms with E-state index in [0.29, 0.717) is 11.9 Å². The van der Waals surface area contributed by atoms with E-state index in [1.165, 1.54) is 6.07 Å². The van der Waals surface area contributed by atoms with Crippen molar-refractivity contribution in [1.82, 2.24) is 15.3 Å². The lowest BCUT2D eigenvalue weighted by Gasteiger charge is -2.14. The van der Waals surface area contributed by atoms with Crippen LogP contribution >= 0.6 is 11.8 Å². The first-order chi connectivity index (χ1) is 13.2. The highest BCUT2D eigenvalue weighted by Crippen LogP contribution is 2.33. The molecular weight excluding hydrogens is 387 g/mol. The molecule has 0 bridgehead atoms. The molecule has 1 N–H and O–H groups in total. The van der Waals surface area contributed by atoms with Crippen LogP contribution in [0.3, 0.4) is 0 Å². The Kier molecular flexibility index (Phi) is 5.88. The monoisotopic (exact) mass is 405 g/mol. The lowest BCUT2D eigenvalue weighted by Crippen LogP contribution is -2.30. The molecule has 0 saturated heterocycles. The molecule has 146 valence electrons. The van der Waals surface area contributed by atoms with E-state index in [-0.39, 0.29) is 16.4 Å². The van der Waals surface area contributed by atoms with Gasteiger partial charge >= 0.3 is 6.18 Å². The first-order valence-corrected chi connectivity index (χ1v) is 9.46. The second-order valence-corrected chi connectivity index (χ2v) is 7.66. The third-order valence-electron chi connectivity index (χ3n) is 4.07. The summed E-state index contributed by atoms with van der Waals surface area (Å²) in [7, 11) is 0. The lowest BCUT2D eigenvalue weighted by atomic mass is 10.1. The van der Waals surface area contributed by atoms with Crippen LogP contribution in [0.25, 0.3) is 10.9 Å². The zero-order valence-electron chi connectivity index (χ0n) is 15.2. The summed E-state index contributed by atoms with van der Waals surface area (Å²) in [5, 5.41) is 2.81. The van der Waals surface area contributed by atoms with Gasteiger partial charge in [-0.15, -0.1) is 0 Å². The number of amides is 1. The largest absolute Gasteiger partial charge is 0.451 e. The third kappa shape index (κ3) is 4.81. The molecule has 3 aromatic rings. The summed E-state index contributed by atoms with van der Waals surface area (Å²) in [4.78, 5) is 19.7. The Morgan fingerprint density at radius 2 is 1.79 bits per heavy atom. The van der Waals surface area contributed by atoms with E-state index in [1.54, 1.807) is 25.1 Å². The molecule has 0 fully saturated rings. The number of hydrogen-bond donors (Lipinski definition) is 1. The number of alkyl halides is 3. The molecule has 1 heterocycles. The molecule has 0 aliphatic carbocycles. The number of carbonyl (C=O) groups is 1. The smallest absolute Gasteiger partial charge is 0.351 e. The van der Waals surface area contributed by atoms with Crippen molar-refractivity contribution in [3.05, 3.63) is 65.5 Å². The SMILES string of the molecule is Cc1ccc(CNC(=O)C(C)Sc2nc(C(F)(F)F)nc3ccccc23)cc1.